The van der Waals surface area contributed by atoms with Crippen LogP contribution in [0.1, 0.15) is 16.8 Å². The van der Waals surface area contributed by atoms with E-state index < -0.39 is 25.0 Å². The molecule has 0 bridgehead atoms. The van der Waals surface area contributed by atoms with E-state index >= 15 is 0 Å². The normalized spacial score (nSPS) is 11.3. The minimum absolute atomic E-state index is 0.0680. The van der Waals surface area contributed by atoms with Crippen LogP contribution >= 0.6 is 15.9 Å². The number of rotatable bonds is 3. The molecular weight excluding hydrogens is 303 g/mol. The van der Waals surface area contributed by atoms with E-state index in [9.17, 15) is 23.1 Å². The molecule has 0 saturated heterocycles. The van der Waals surface area contributed by atoms with E-state index in [1.165, 1.54) is 18.2 Å². The van der Waals surface area contributed by atoms with Crippen LogP contribution in [0.25, 0.3) is 0 Å². The van der Waals surface area contributed by atoms with Gasteiger partial charge in [0.2, 0.25) is 0 Å². The Labute approximate surface area is 104 Å². The first-order valence-electron chi connectivity index (χ1n) is 4.63. The Bertz CT molecular complexity index is 421. The van der Waals surface area contributed by atoms with Crippen molar-refractivity contribution in [2.24, 2.45) is 0 Å². The maximum atomic E-state index is 11.8. The van der Waals surface area contributed by atoms with Crippen molar-refractivity contribution in [2.45, 2.75) is 12.6 Å². The van der Waals surface area contributed by atoms with Gasteiger partial charge >= 0.3 is 6.18 Å². The lowest BCUT2D eigenvalue weighted by atomic mass is 10.2. The second-order valence-electron chi connectivity index (χ2n) is 3.28. The largest absolute Gasteiger partial charge is 0.507 e. The lowest BCUT2D eigenvalue weighted by Gasteiger charge is -2.09. The molecule has 0 radical (unpaired) electrons. The SMILES string of the molecule is O=C(NCCC(F)(F)F)c1cc(Br)ccc1O. The highest BCUT2D eigenvalue weighted by Crippen LogP contribution is 2.22. The second-order valence-corrected chi connectivity index (χ2v) is 4.20. The third-order valence-electron chi connectivity index (χ3n) is 1.90. The third-order valence-corrected chi connectivity index (χ3v) is 2.39. The zero-order chi connectivity index (χ0) is 13.1. The standard InChI is InChI=1S/C10H9BrF3NO2/c11-6-1-2-8(16)7(5-6)9(17)15-4-3-10(12,13)14/h1-2,5,16H,3-4H2,(H,15,17). The maximum Gasteiger partial charge on any atom is 0.390 e. The first kappa shape index (κ1) is 13.8. The molecule has 0 aromatic heterocycles. The minimum atomic E-state index is -4.31. The van der Waals surface area contributed by atoms with Gasteiger partial charge in [0.1, 0.15) is 5.75 Å². The van der Waals surface area contributed by atoms with Gasteiger partial charge in [-0.25, -0.2) is 0 Å². The molecule has 0 aliphatic heterocycles. The molecule has 0 unspecified atom stereocenters. The molecular formula is C10H9BrF3NO2. The van der Waals surface area contributed by atoms with Gasteiger partial charge in [-0.1, -0.05) is 15.9 Å². The lowest BCUT2D eigenvalue weighted by Crippen LogP contribution is -2.27. The predicted octanol–water partition coefficient (Wildman–Crippen LogP) is 2.84. The maximum absolute atomic E-state index is 11.8. The van der Waals surface area contributed by atoms with Crippen LogP contribution < -0.4 is 5.32 Å². The summed E-state index contributed by atoms with van der Waals surface area (Å²) < 4.78 is 36.1. The second kappa shape index (κ2) is 5.39. The van der Waals surface area contributed by atoms with Crippen LogP contribution in [0.4, 0.5) is 13.2 Å². The molecule has 3 nitrogen and oxygen atoms in total. The fourth-order valence-electron chi connectivity index (χ4n) is 1.10. The summed E-state index contributed by atoms with van der Waals surface area (Å²) in [6, 6.07) is 4.13. The Hall–Kier alpha value is -1.24. The molecule has 17 heavy (non-hydrogen) atoms. The average molecular weight is 312 g/mol. The Morgan fingerprint density at radius 3 is 2.65 bits per heavy atom. The molecule has 0 fully saturated rings. The van der Waals surface area contributed by atoms with Crippen molar-refractivity contribution in [3.05, 3.63) is 28.2 Å². The number of phenolic OH excluding ortho intramolecular Hbond substituents is 1. The molecule has 0 saturated carbocycles. The van der Waals surface area contributed by atoms with Gasteiger partial charge in [-0.2, -0.15) is 13.2 Å². The number of carbonyl (C=O) groups is 1. The van der Waals surface area contributed by atoms with Gasteiger partial charge in [0, 0.05) is 11.0 Å². The summed E-state index contributed by atoms with van der Waals surface area (Å²) in [5, 5.41) is 11.4. The van der Waals surface area contributed by atoms with Crippen molar-refractivity contribution < 1.29 is 23.1 Å². The summed E-state index contributed by atoms with van der Waals surface area (Å²) in [6.45, 7) is -0.520. The summed E-state index contributed by atoms with van der Waals surface area (Å²) in [7, 11) is 0. The Balaban J connectivity index is 2.61. The molecule has 1 rings (SSSR count). The Morgan fingerprint density at radius 1 is 1.41 bits per heavy atom. The van der Waals surface area contributed by atoms with Crippen molar-refractivity contribution in [1.82, 2.24) is 5.32 Å². The van der Waals surface area contributed by atoms with Crippen molar-refractivity contribution in [3.63, 3.8) is 0 Å². The van der Waals surface area contributed by atoms with Gasteiger partial charge in [0.15, 0.2) is 0 Å². The van der Waals surface area contributed by atoms with E-state index in [0.717, 1.165) is 0 Å². The fourth-order valence-corrected chi connectivity index (χ4v) is 1.46. The van der Waals surface area contributed by atoms with E-state index in [1.807, 2.05) is 0 Å². The van der Waals surface area contributed by atoms with Crippen LogP contribution in [0.3, 0.4) is 0 Å². The summed E-state index contributed by atoms with van der Waals surface area (Å²) in [4.78, 5) is 11.4. The summed E-state index contributed by atoms with van der Waals surface area (Å²) in [6.07, 6.45) is -5.42. The van der Waals surface area contributed by atoms with E-state index in [1.54, 1.807) is 0 Å². The molecule has 1 aromatic carbocycles. The van der Waals surface area contributed by atoms with Crippen LogP contribution in [-0.2, 0) is 0 Å². The van der Waals surface area contributed by atoms with Crippen molar-refractivity contribution in [2.75, 3.05) is 6.54 Å². The number of benzene rings is 1. The molecule has 1 amide bonds. The first-order valence-corrected chi connectivity index (χ1v) is 5.42. The van der Waals surface area contributed by atoms with Crippen LogP contribution in [-0.4, -0.2) is 23.7 Å². The number of amides is 1. The summed E-state index contributed by atoms with van der Waals surface area (Å²) in [5.74, 6) is -1.02. The highest BCUT2D eigenvalue weighted by Gasteiger charge is 2.26. The van der Waals surface area contributed by atoms with Gasteiger partial charge in [-0.05, 0) is 18.2 Å². The monoisotopic (exact) mass is 311 g/mol. The van der Waals surface area contributed by atoms with E-state index in [4.69, 9.17) is 0 Å². The molecule has 0 spiro atoms. The number of carbonyl (C=O) groups excluding carboxylic acids is 1. The van der Waals surface area contributed by atoms with Crippen LogP contribution in [0.2, 0.25) is 0 Å². The highest BCUT2D eigenvalue weighted by molar-refractivity contribution is 9.10. The molecule has 0 aliphatic carbocycles. The predicted molar refractivity (Wildman–Crippen MR) is 58.8 cm³/mol. The van der Waals surface area contributed by atoms with Crippen LogP contribution in [0.5, 0.6) is 5.75 Å². The van der Waals surface area contributed by atoms with Crippen molar-refractivity contribution >= 4 is 21.8 Å². The number of hydrogen-bond acceptors (Lipinski definition) is 2. The highest BCUT2D eigenvalue weighted by atomic mass is 79.9. The van der Waals surface area contributed by atoms with Crippen LogP contribution in [0, 0.1) is 0 Å². The Kier molecular flexibility index (Phi) is 4.39. The zero-order valence-electron chi connectivity index (χ0n) is 8.51. The fraction of sp³-hybridized carbons (Fsp3) is 0.300. The number of phenols is 1. The molecule has 0 aliphatic rings. The molecule has 2 N–H and O–H groups in total. The lowest BCUT2D eigenvalue weighted by molar-refractivity contribution is -0.132. The topological polar surface area (TPSA) is 49.3 Å². The number of hydrogen-bond donors (Lipinski definition) is 2. The smallest absolute Gasteiger partial charge is 0.390 e. The van der Waals surface area contributed by atoms with E-state index in [0.29, 0.717) is 4.47 Å². The molecule has 7 heteroatoms. The molecule has 1 aromatic rings. The summed E-state index contributed by atoms with van der Waals surface area (Å²) >= 11 is 3.09. The van der Waals surface area contributed by atoms with Gasteiger partial charge in [0.05, 0.1) is 12.0 Å². The van der Waals surface area contributed by atoms with Gasteiger partial charge < -0.3 is 10.4 Å². The van der Waals surface area contributed by atoms with Gasteiger partial charge in [0.25, 0.3) is 5.91 Å². The summed E-state index contributed by atoms with van der Waals surface area (Å²) in [5.41, 5.74) is -0.0680. The minimum Gasteiger partial charge on any atom is -0.507 e. The van der Waals surface area contributed by atoms with Crippen molar-refractivity contribution in [3.8, 4) is 5.75 Å². The zero-order valence-corrected chi connectivity index (χ0v) is 10.1. The third kappa shape index (κ3) is 4.64. The molecule has 0 heterocycles. The first-order chi connectivity index (χ1) is 7.79. The average Bonchev–Trinajstić information content (AvgIpc) is 2.19. The van der Waals surface area contributed by atoms with E-state index in [2.05, 4.69) is 21.2 Å². The molecule has 0 atom stereocenters. The van der Waals surface area contributed by atoms with Crippen molar-refractivity contribution in [1.29, 1.82) is 0 Å². The number of nitrogens with one attached hydrogen (secondary N) is 1. The van der Waals surface area contributed by atoms with Gasteiger partial charge in [-0.3, -0.25) is 4.79 Å². The van der Waals surface area contributed by atoms with Crippen LogP contribution in [0.15, 0.2) is 22.7 Å². The molecule has 94 valence electrons. The quantitative estimate of drug-likeness (QED) is 0.902. The van der Waals surface area contributed by atoms with E-state index in [-0.39, 0.29) is 11.3 Å². The number of alkyl halides is 3. The number of aromatic hydroxyl groups is 1. The Morgan fingerprint density at radius 2 is 2.06 bits per heavy atom. The van der Waals surface area contributed by atoms with Gasteiger partial charge in [-0.15, -0.1) is 0 Å². The number of halogens is 4.